The molecule has 1 heterocycles. The number of hydrogen-bond acceptors (Lipinski definition) is 8. The molecule has 0 radical (unpaired) electrons. The summed E-state index contributed by atoms with van der Waals surface area (Å²) in [4.78, 5) is 23.1. The molecule has 0 spiro atoms. The van der Waals surface area contributed by atoms with Gasteiger partial charge in [0, 0.05) is 24.5 Å². The number of phenols is 1. The fourth-order valence-electron chi connectivity index (χ4n) is 3.32. The molecule has 9 nitrogen and oxygen atoms in total. The Hall–Kier alpha value is -3.54. The van der Waals surface area contributed by atoms with E-state index in [0.717, 1.165) is 0 Å². The largest absolute Gasteiger partial charge is 0.504 e. The Morgan fingerprint density at radius 1 is 1.46 bits per heavy atom. The minimum atomic E-state index is -0.938. The maximum absolute atomic E-state index is 12.5. The molecule has 9 heteroatoms. The second-order valence-electron chi connectivity index (χ2n) is 5.89. The SMILES string of the molecule is COc1c(O)cc([C@@H]2C(C#N)=C(N)OC3=C2C(=O)CCC3)cc1[N+](=O)[O-]. The summed E-state index contributed by atoms with van der Waals surface area (Å²) >= 11 is 0. The van der Waals surface area contributed by atoms with Gasteiger partial charge in [-0.2, -0.15) is 5.26 Å². The molecule has 134 valence electrons. The molecule has 1 aliphatic heterocycles. The first-order valence-corrected chi connectivity index (χ1v) is 7.78. The molecule has 1 atom stereocenters. The topological polar surface area (TPSA) is 149 Å². The van der Waals surface area contributed by atoms with Crippen LogP contribution in [0.15, 0.2) is 34.9 Å². The number of allylic oxidation sites excluding steroid dienone is 3. The van der Waals surface area contributed by atoms with Crippen LogP contribution in [0.25, 0.3) is 0 Å². The fourth-order valence-corrected chi connectivity index (χ4v) is 3.32. The molecule has 1 aromatic rings. The summed E-state index contributed by atoms with van der Waals surface area (Å²) in [7, 11) is 1.19. The summed E-state index contributed by atoms with van der Waals surface area (Å²) in [5.74, 6) is -1.71. The quantitative estimate of drug-likeness (QED) is 0.617. The summed E-state index contributed by atoms with van der Waals surface area (Å²) in [6.07, 6.45) is 1.34. The number of nitro groups is 1. The zero-order valence-electron chi connectivity index (χ0n) is 13.8. The van der Waals surface area contributed by atoms with Crippen LogP contribution in [0.3, 0.4) is 0 Å². The number of methoxy groups -OCH3 is 1. The number of nitriles is 1. The standard InChI is InChI=1S/C17H15N3O6/c1-25-16-10(20(23)24)5-8(6-12(16)22)14-9(7-18)17(19)26-13-4-2-3-11(21)15(13)14/h5-6,14,22H,2-4,19H2,1H3/t14-/m1/s1. The Morgan fingerprint density at radius 2 is 2.19 bits per heavy atom. The maximum atomic E-state index is 12.5. The first-order valence-electron chi connectivity index (χ1n) is 7.78. The summed E-state index contributed by atoms with van der Waals surface area (Å²) < 4.78 is 10.3. The van der Waals surface area contributed by atoms with E-state index in [9.17, 15) is 25.3 Å². The predicted octanol–water partition coefficient (Wildman–Crippen LogP) is 2.12. The molecule has 3 rings (SSSR count). The van der Waals surface area contributed by atoms with Crippen molar-refractivity contribution in [2.75, 3.05) is 7.11 Å². The highest BCUT2D eigenvalue weighted by molar-refractivity contribution is 5.99. The van der Waals surface area contributed by atoms with Crippen LogP contribution in [0.1, 0.15) is 30.7 Å². The van der Waals surface area contributed by atoms with Gasteiger partial charge in [0.15, 0.2) is 11.5 Å². The number of nitrogens with zero attached hydrogens (tertiary/aromatic N) is 2. The van der Waals surface area contributed by atoms with E-state index in [2.05, 4.69) is 0 Å². The lowest BCUT2D eigenvalue weighted by molar-refractivity contribution is -0.385. The Bertz CT molecular complexity index is 925. The molecule has 0 aromatic heterocycles. The summed E-state index contributed by atoms with van der Waals surface area (Å²) in [6, 6.07) is 4.32. The van der Waals surface area contributed by atoms with Gasteiger partial charge in [-0.3, -0.25) is 14.9 Å². The monoisotopic (exact) mass is 357 g/mol. The van der Waals surface area contributed by atoms with Crippen LogP contribution in [0, 0.1) is 21.4 Å². The Labute approximate surface area is 148 Å². The van der Waals surface area contributed by atoms with Gasteiger partial charge >= 0.3 is 5.69 Å². The number of nitrogens with two attached hydrogens (primary N) is 1. The molecule has 26 heavy (non-hydrogen) atoms. The summed E-state index contributed by atoms with van der Waals surface area (Å²) in [5.41, 5.74) is 5.77. The lowest BCUT2D eigenvalue weighted by atomic mass is 9.77. The molecule has 0 amide bonds. The van der Waals surface area contributed by atoms with Gasteiger partial charge in [0.05, 0.1) is 18.0 Å². The van der Waals surface area contributed by atoms with Gasteiger partial charge in [-0.15, -0.1) is 0 Å². The average Bonchev–Trinajstić information content (AvgIpc) is 2.59. The average molecular weight is 357 g/mol. The molecule has 1 aromatic carbocycles. The number of phenolic OH excluding ortho intramolecular Hbond substituents is 1. The lowest BCUT2D eigenvalue weighted by Gasteiger charge is -2.31. The lowest BCUT2D eigenvalue weighted by Crippen LogP contribution is -2.27. The number of ketones is 1. The van der Waals surface area contributed by atoms with Gasteiger partial charge in [0.2, 0.25) is 11.6 Å². The molecule has 0 saturated carbocycles. The van der Waals surface area contributed by atoms with Gasteiger partial charge in [0.1, 0.15) is 17.4 Å². The van der Waals surface area contributed by atoms with E-state index in [4.69, 9.17) is 15.2 Å². The van der Waals surface area contributed by atoms with Gasteiger partial charge in [-0.25, -0.2) is 0 Å². The van der Waals surface area contributed by atoms with E-state index >= 15 is 0 Å². The van der Waals surface area contributed by atoms with E-state index in [1.54, 1.807) is 0 Å². The fraction of sp³-hybridized carbons (Fsp3) is 0.294. The number of hydrogen-bond donors (Lipinski definition) is 2. The van der Waals surface area contributed by atoms with Gasteiger partial charge in [0.25, 0.3) is 0 Å². The normalized spacial score (nSPS) is 19.5. The Balaban J connectivity index is 2.26. The molecule has 3 N–H and O–H groups in total. The molecule has 1 aliphatic carbocycles. The predicted molar refractivity (Wildman–Crippen MR) is 87.8 cm³/mol. The molecule has 0 unspecified atom stereocenters. The van der Waals surface area contributed by atoms with Crippen molar-refractivity contribution >= 4 is 11.5 Å². The van der Waals surface area contributed by atoms with Crippen molar-refractivity contribution < 1.29 is 24.3 Å². The molecular weight excluding hydrogens is 342 g/mol. The van der Waals surface area contributed by atoms with E-state index in [1.807, 2.05) is 6.07 Å². The van der Waals surface area contributed by atoms with E-state index in [1.165, 1.54) is 19.2 Å². The molecule has 0 saturated heterocycles. The smallest absolute Gasteiger partial charge is 0.315 e. The number of nitro benzene ring substituents is 1. The van der Waals surface area contributed by atoms with Crippen molar-refractivity contribution in [2.24, 2.45) is 5.73 Å². The van der Waals surface area contributed by atoms with Gasteiger partial charge in [-0.1, -0.05) is 0 Å². The number of rotatable bonds is 3. The van der Waals surface area contributed by atoms with Crippen LogP contribution >= 0.6 is 0 Å². The summed E-state index contributed by atoms with van der Waals surface area (Å²) in [6.45, 7) is 0. The first kappa shape index (κ1) is 17.3. The molecule has 2 aliphatic rings. The highest BCUT2D eigenvalue weighted by Gasteiger charge is 2.39. The first-order chi connectivity index (χ1) is 12.4. The van der Waals surface area contributed by atoms with Gasteiger partial charge < -0.3 is 20.3 Å². The second-order valence-corrected chi connectivity index (χ2v) is 5.89. The van der Waals surface area contributed by atoms with Crippen molar-refractivity contribution in [1.29, 1.82) is 5.26 Å². The van der Waals surface area contributed by atoms with E-state index in [-0.39, 0.29) is 40.5 Å². The van der Waals surface area contributed by atoms with Crippen LogP contribution in [-0.4, -0.2) is 22.9 Å². The van der Waals surface area contributed by atoms with Crippen molar-refractivity contribution in [3.05, 3.63) is 50.6 Å². The third-order valence-corrected chi connectivity index (χ3v) is 4.41. The second kappa shape index (κ2) is 6.40. The van der Waals surface area contributed by atoms with Crippen LogP contribution < -0.4 is 10.5 Å². The third kappa shape index (κ3) is 2.61. The molecule has 0 fully saturated rings. The van der Waals surface area contributed by atoms with Crippen LogP contribution in [0.4, 0.5) is 5.69 Å². The zero-order chi connectivity index (χ0) is 19.0. The highest BCUT2D eigenvalue weighted by atomic mass is 16.6. The third-order valence-electron chi connectivity index (χ3n) is 4.41. The van der Waals surface area contributed by atoms with Gasteiger partial charge in [-0.05, 0) is 18.1 Å². The Morgan fingerprint density at radius 3 is 2.81 bits per heavy atom. The number of benzene rings is 1. The van der Waals surface area contributed by atoms with Crippen molar-refractivity contribution in [2.45, 2.75) is 25.2 Å². The number of carbonyl (C=O) groups is 1. The van der Waals surface area contributed by atoms with Crippen molar-refractivity contribution in [3.63, 3.8) is 0 Å². The number of carbonyl (C=O) groups excluding carboxylic acids is 1. The molecular formula is C17H15N3O6. The zero-order valence-corrected chi connectivity index (χ0v) is 13.8. The maximum Gasteiger partial charge on any atom is 0.315 e. The van der Waals surface area contributed by atoms with E-state index < -0.39 is 22.3 Å². The number of ether oxygens (including phenoxy) is 2. The summed E-state index contributed by atoms with van der Waals surface area (Å²) in [5, 5.41) is 31.0. The minimum absolute atomic E-state index is 0.0298. The molecule has 0 bridgehead atoms. The number of aromatic hydroxyl groups is 1. The van der Waals surface area contributed by atoms with Crippen LogP contribution in [-0.2, 0) is 9.53 Å². The van der Waals surface area contributed by atoms with E-state index in [0.29, 0.717) is 18.6 Å². The highest BCUT2D eigenvalue weighted by Crippen LogP contribution is 2.47. The van der Waals surface area contributed by atoms with Crippen LogP contribution in [0.2, 0.25) is 0 Å². The van der Waals surface area contributed by atoms with Crippen LogP contribution in [0.5, 0.6) is 11.5 Å². The minimum Gasteiger partial charge on any atom is -0.504 e. The van der Waals surface area contributed by atoms with Crippen molar-refractivity contribution in [3.8, 4) is 17.6 Å². The number of Topliss-reactive ketones (excluding diaryl/α,β-unsaturated/α-hetero) is 1. The Kier molecular flexibility index (Phi) is 4.26. The van der Waals surface area contributed by atoms with Crippen molar-refractivity contribution in [1.82, 2.24) is 0 Å².